The molecule has 0 aliphatic heterocycles. The Labute approximate surface area is 281 Å². The topological polar surface area (TPSA) is 52.6 Å². The highest BCUT2D eigenvalue weighted by atomic mass is 29.9. The van der Waals surface area contributed by atoms with E-state index in [9.17, 15) is 9.59 Å². The molecule has 0 radical (unpaired) electrons. The molecular weight excluding hydrogens is 673 g/mol. The van der Waals surface area contributed by atoms with Crippen molar-refractivity contribution in [3.8, 4) is 0 Å². The lowest BCUT2D eigenvalue weighted by Crippen LogP contribution is -2.84. The first-order valence-electron chi connectivity index (χ1n) is 16.9. The summed E-state index contributed by atoms with van der Waals surface area (Å²) in [5.41, 5.74) is 0.150. The van der Waals surface area contributed by atoms with Gasteiger partial charge in [0, 0.05) is 0 Å². The van der Waals surface area contributed by atoms with Crippen molar-refractivity contribution < 1.29 is 18.4 Å². The maximum Gasteiger partial charge on any atom is 0.299 e. The Balaban J connectivity index is 6.39. The molecule has 0 bridgehead atoms. The zero-order valence-corrected chi connectivity index (χ0v) is 41.1. The van der Waals surface area contributed by atoms with Crippen molar-refractivity contribution >= 4 is 71.2 Å². The number of allylic oxidation sites excluding steroid dienone is 2. The van der Waals surface area contributed by atoms with Crippen LogP contribution in [0.15, 0.2) is 24.3 Å². The number of hydrogen-bond acceptors (Lipinski definition) is 4. The standard InChI is InChI=1S/C32H74O4Si8/c1-32(2,3)28-24-26-29(31(34)36-44(40(13,14)15,41(16,17)18)42(19,20)21)25-22-23-27-30(33)35-43(37(4,5)6,38(7,8)9)39(10,11)12/h22-24,26,29H,25,27-28H2,1-21H3/b23-22+,26-24+. The zero-order valence-electron chi connectivity index (χ0n) is 33.1. The summed E-state index contributed by atoms with van der Waals surface area (Å²) in [5.74, 6) is -0.436. The van der Waals surface area contributed by atoms with Crippen LogP contribution in [0.3, 0.4) is 0 Å². The molecule has 12 heteroatoms. The Kier molecular flexibility index (Phi) is 14.8. The zero-order chi connectivity index (χ0) is 35.6. The third-order valence-corrected chi connectivity index (χ3v) is 144. The first-order valence-corrected chi connectivity index (χ1v) is 47.7. The fraction of sp³-hybridized carbons (Fsp3) is 0.812. The van der Waals surface area contributed by atoms with E-state index in [0.29, 0.717) is 6.42 Å². The van der Waals surface area contributed by atoms with Gasteiger partial charge in [0.05, 0.1) is 57.9 Å². The normalized spacial score (nSPS) is 16.0. The van der Waals surface area contributed by atoms with Gasteiger partial charge in [0.1, 0.15) is 0 Å². The summed E-state index contributed by atoms with van der Waals surface area (Å²) in [7, 11) is -10.4. The van der Waals surface area contributed by atoms with Crippen molar-refractivity contribution in [3.63, 3.8) is 0 Å². The van der Waals surface area contributed by atoms with Crippen LogP contribution in [-0.2, 0) is 18.4 Å². The molecule has 0 aromatic heterocycles. The van der Waals surface area contributed by atoms with Gasteiger partial charge in [-0.25, -0.2) is 0 Å². The molecule has 0 heterocycles. The number of rotatable bonds is 15. The van der Waals surface area contributed by atoms with Crippen LogP contribution in [0.25, 0.3) is 0 Å². The molecule has 4 nitrogen and oxygen atoms in total. The predicted octanol–water partition coefficient (Wildman–Crippen LogP) is 10.4. The van der Waals surface area contributed by atoms with Crippen LogP contribution in [0.2, 0.25) is 118 Å². The largest absolute Gasteiger partial charge is 0.527 e. The molecule has 0 saturated carbocycles. The van der Waals surface area contributed by atoms with Crippen molar-refractivity contribution in [1.29, 1.82) is 0 Å². The van der Waals surface area contributed by atoms with E-state index >= 15 is 0 Å². The third-order valence-electron chi connectivity index (χ3n) is 9.10. The van der Waals surface area contributed by atoms with Crippen LogP contribution in [0.5, 0.6) is 0 Å². The molecule has 1 unspecified atom stereocenters. The number of hydrogen-bond donors (Lipinski definition) is 0. The molecule has 0 aliphatic carbocycles. The van der Waals surface area contributed by atoms with Gasteiger partial charge in [-0.3, -0.25) is 9.59 Å². The van der Waals surface area contributed by atoms with Gasteiger partial charge < -0.3 is 8.85 Å². The Morgan fingerprint density at radius 3 is 1.20 bits per heavy atom. The van der Waals surface area contributed by atoms with Gasteiger partial charge in [-0.05, 0) is 18.3 Å². The van der Waals surface area contributed by atoms with Crippen LogP contribution >= 0.6 is 0 Å². The smallest absolute Gasteiger partial charge is 0.299 e. The predicted molar refractivity (Wildman–Crippen MR) is 219 cm³/mol. The van der Waals surface area contributed by atoms with Crippen LogP contribution in [0, 0.1) is 11.3 Å². The number of carbonyl (C=O) groups excluding carboxylic acids is 2. The summed E-state index contributed by atoms with van der Waals surface area (Å²) in [6.07, 6.45) is 9.99. The van der Waals surface area contributed by atoms with E-state index in [4.69, 9.17) is 8.85 Å². The first-order chi connectivity index (χ1) is 19.1. The van der Waals surface area contributed by atoms with Crippen molar-refractivity contribution in [3.05, 3.63) is 24.3 Å². The average Bonchev–Trinajstić information content (AvgIpc) is 2.70. The Morgan fingerprint density at radius 2 is 0.886 bits per heavy atom. The molecule has 258 valence electrons. The Bertz CT molecular complexity index is 963. The van der Waals surface area contributed by atoms with Crippen molar-refractivity contribution in [2.75, 3.05) is 0 Å². The summed E-state index contributed by atoms with van der Waals surface area (Å²) in [6, 6.07) is 0. The summed E-state index contributed by atoms with van der Waals surface area (Å²) in [4.78, 5) is 27.7. The molecule has 0 spiro atoms. The molecule has 0 amide bonds. The monoisotopic (exact) mass is 746 g/mol. The molecule has 1 atom stereocenters. The SMILES string of the molecule is CC(C)(C)C/C=C/C(C/C=C/CC(=O)O[Si]([Si](C)(C)C)([Si](C)(C)C)[Si](C)(C)C)C(=O)O[Si]([Si](C)(C)C)([Si](C)(C)C)[Si](C)(C)C. The van der Waals surface area contributed by atoms with Crippen molar-refractivity contribution in [2.45, 2.75) is 158 Å². The maximum absolute atomic E-state index is 14.2. The second-order valence-electron chi connectivity index (χ2n) is 20.5. The fourth-order valence-electron chi connectivity index (χ4n) is 9.37. The van der Waals surface area contributed by atoms with E-state index in [1.165, 1.54) is 0 Å². The quantitative estimate of drug-likeness (QED) is 0.124. The fourth-order valence-corrected chi connectivity index (χ4v) is 195. The molecule has 0 aliphatic rings. The van der Waals surface area contributed by atoms with Gasteiger partial charge in [-0.15, -0.1) is 0 Å². The van der Waals surface area contributed by atoms with Gasteiger partial charge >= 0.3 is 0 Å². The summed E-state index contributed by atoms with van der Waals surface area (Å²) in [6.45, 7) is 46.1. The van der Waals surface area contributed by atoms with Crippen LogP contribution in [0.1, 0.15) is 40.0 Å². The second-order valence-corrected chi connectivity index (χ2v) is 99.3. The lowest BCUT2D eigenvalue weighted by atomic mass is 9.91. The van der Waals surface area contributed by atoms with Crippen LogP contribution < -0.4 is 0 Å². The minimum absolute atomic E-state index is 0.0380. The second kappa shape index (κ2) is 14.7. The third kappa shape index (κ3) is 10.6. The first kappa shape index (κ1) is 44.2. The minimum Gasteiger partial charge on any atom is -0.527 e. The summed E-state index contributed by atoms with van der Waals surface area (Å²) < 4.78 is 13.9. The maximum atomic E-state index is 14.2. The Morgan fingerprint density at radius 1 is 0.545 bits per heavy atom. The van der Waals surface area contributed by atoms with Crippen LogP contribution in [-0.4, -0.2) is 71.2 Å². The van der Waals surface area contributed by atoms with Gasteiger partial charge in [0.15, 0.2) is 0 Å². The van der Waals surface area contributed by atoms with Crippen LogP contribution in [0.4, 0.5) is 0 Å². The van der Waals surface area contributed by atoms with Gasteiger partial charge in [-0.1, -0.05) is 163 Å². The molecule has 44 heavy (non-hydrogen) atoms. The lowest BCUT2D eigenvalue weighted by molar-refractivity contribution is -0.137. The highest BCUT2D eigenvalue weighted by molar-refractivity contribution is 7.88. The van der Waals surface area contributed by atoms with Gasteiger partial charge in [0.25, 0.3) is 11.9 Å². The van der Waals surface area contributed by atoms with E-state index in [0.717, 1.165) is 6.42 Å². The van der Waals surface area contributed by atoms with Gasteiger partial charge in [-0.2, -0.15) is 0 Å². The van der Waals surface area contributed by atoms with Crippen molar-refractivity contribution in [2.24, 2.45) is 11.3 Å². The number of carbonyl (C=O) groups is 2. The Hall–Kier alpha value is 0.155. The van der Waals surface area contributed by atoms with E-state index < -0.39 is 59.3 Å². The molecule has 0 rings (SSSR count). The average molecular weight is 748 g/mol. The highest BCUT2D eigenvalue weighted by Gasteiger charge is 2.67. The summed E-state index contributed by atoms with van der Waals surface area (Å²) in [5, 5.41) is 0. The molecule has 0 aromatic carbocycles. The molecule has 0 N–H and O–H groups in total. The molecule has 0 aromatic rings. The van der Waals surface area contributed by atoms with E-state index in [2.05, 4.69) is 151 Å². The van der Waals surface area contributed by atoms with Crippen molar-refractivity contribution in [1.82, 2.24) is 0 Å². The minimum atomic E-state index is -2.30. The van der Waals surface area contributed by atoms with Gasteiger partial charge in [0.2, 0.25) is 13.7 Å². The highest BCUT2D eigenvalue weighted by Crippen LogP contribution is 2.40. The van der Waals surface area contributed by atoms with E-state index in [1.807, 2.05) is 12.2 Å². The molecular formula is C32H74O4Si8. The van der Waals surface area contributed by atoms with E-state index in [1.54, 1.807) is 0 Å². The molecule has 0 fully saturated rings. The molecule has 0 saturated heterocycles. The summed E-state index contributed by atoms with van der Waals surface area (Å²) >= 11 is 0. The van der Waals surface area contributed by atoms with E-state index in [-0.39, 0.29) is 29.7 Å². The lowest BCUT2D eigenvalue weighted by Gasteiger charge is -2.55.